The number of hydrogen-bond donors (Lipinski definition) is 0. The Balaban J connectivity index is 1.58. The molecule has 0 saturated carbocycles. The van der Waals surface area contributed by atoms with E-state index >= 15 is 0 Å². The first-order valence-corrected chi connectivity index (χ1v) is 11.3. The van der Waals surface area contributed by atoms with Gasteiger partial charge in [0.15, 0.2) is 17.3 Å². The highest BCUT2D eigenvalue weighted by atomic mass is 79.9. The fraction of sp³-hybridized carbons (Fsp3) is 0.208. The van der Waals surface area contributed by atoms with Gasteiger partial charge in [-0.15, -0.1) is 11.3 Å². The van der Waals surface area contributed by atoms with E-state index in [-0.39, 0.29) is 5.78 Å². The maximum absolute atomic E-state index is 12.2. The maximum Gasteiger partial charge on any atom is 0.195 e. The average Bonchev–Trinajstić information content (AvgIpc) is 3.19. The van der Waals surface area contributed by atoms with E-state index in [2.05, 4.69) is 15.9 Å². The van der Waals surface area contributed by atoms with Crippen LogP contribution in [-0.4, -0.2) is 19.0 Å². The minimum Gasteiger partial charge on any atom is -0.490 e. The molecule has 1 heterocycles. The Bertz CT molecular complexity index is 1010. The summed E-state index contributed by atoms with van der Waals surface area (Å²) in [5, 5.41) is 1.90. The van der Waals surface area contributed by atoms with E-state index in [1.807, 2.05) is 67.8 Å². The summed E-state index contributed by atoms with van der Waals surface area (Å²) in [6, 6.07) is 15.3. The van der Waals surface area contributed by atoms with Crippen molar-refractivity contribution in [2.24, 2.45) is 0 Å². The van der Waals surface area contributed by atoms with Crippen LogP contribution in [0.2, 0.25) is 0 Å². The molecule has 6 heteroatoms. The van der Waals surface area contributed by atoms with Gasteiger partial charge in [0.1, 0.15) is 12.4 Å². The maximum atomic E-state index is 12.2. The molecule has 0 N–H and O–H groups in total. The molecule has 0 radical (unpaired) electrons. The molecular weight excluding hydrogens is 464 g/mol. The topological polar surface area (TPSA) is 44.8 Å². The summed E-state index contributed by atoms with van der Waals surface area (Å²) in [4.78, 5) is 12.9. The molecule has 0 bridgehead atoms. The lowest BCUT2D eigenvalue weighted by Crippen LogP contribution is -2.01. The fourth-order valence-electron chi connectivity index (χ4n) is 2.72. The molecule has 2 aromatic carbocycles. The fourth-order valence-corrected chi connectivity index (χ4v) is 4.07. The molecule has 0 aliphatic carbocycles. The number of rotatable bonds is 10. The minimum atomic E-state index is -0.00775. The monoisotopic (exact) mass is 486 g/mol. The summed E-state index contributed by atoms with van der Waals surface area (Å²) in [6.45, 7) is 5.48. The first kappa shape index (κ1) is 22.1. The van der Waals surface area contributed by atoms with E-state index in [4.69, 9.17) is 14.2 Å². The first-order chi connectivity index (χ1) is 14.6. The van der Waals surface area contributed by atoms with Gasteiger partial charge >= 0.3 is 0 Å². The van der Waals surface area contributed by atoms with Crippen molar-refractivity contribution < 1.29 is 19.0 Å². The SMILES string of the molecule is CCOc1ccc(COc2ccc(/C=C/C(=O)c3cc(Br)cs3)cc2)cc1OCC. The van der Waals surface area contributed by atoms with Crippen molar-refractivity contribution in [3.05, 3.63) is 80.5 Å². The van der Waals surface area contributed by atoms with Gasteiger partial charge < -0.3 is 14.2 Å². The van der Waals surface area contributed by atoms with Gasteiger partial charge in [0, 0.05) is 9.85 Å². The molecule has 3 aromatic rings. The standard InChI is InChI=1S/C24H23BrO4S/c1-3-27-22-12-8-18(13-23(22)28-4-2)15-29-20-9-5-17(6-10-20)7-11-21(26)24-14-19(25)16-30-24/h5-14,16H,3-4,15H2,1-2H3/b11-7+. The Hall–Kier alpha value is -2.57. The van der Waals surface area contributed by atoms with Crippen LogP contribution in [0.1, 0.15) is 34.6 Å². The van der Waals surface area contributed by atoms with Crippen molar-refractivity contribution in [1.29, 1.82) is 0 Å². The molecule has 0 atom stereocenters. The smallest absolute Gasteiger partial charge is 0.195 e. The third-order valence-corrected chi connectivity index (χ3v) is 5.84. The molecule has 30 heavy (non-hydrogen) atoms. The molecule has 156 valence electrons. The molecule has 0 spiro atoms. The van der Waals surface area contributed by atoms with Crippen LogP contribution in [0.3, 0.4) is 0 Å². The van der Waals surface area contributed by atoms with Crippen LogP contribution in [0, 0.1) is 0 Å². The van der Waals surface area contributed by atoms with Crippen molar-refractivity contribution >= 4 is 39.1 Å². The van der Waals surface area contributed by atoms with Crippen LogP contribution >= 0.6 is 27.3 Å². The largest absolute Gasteiger partial charge is 0.490 e. The molecular formula is C24H23BrO4S. The number of allylic oxidation sites excluding steroid dienone is 1. The summed E-state index contributed by atoms with van der Waals surface area (Å²) in [5.74, 6) is 2.21. The summed E-state index contributed by atoms with van der Waals surface area (Å²) >= 11 is 4.79. The highest BCUT2D eigenvalue weighted by Gasteiger charge is 2.07. The first-order valence-electron chi connectivity index (χ1n) is 9.67. The second-order valence-electron chi connectivity index (χ2n) is 6.33. The zero-order chi connectivity index (χ0) is 21.3. The molecule has 0 aliphatic rings. The average molecular weight is 487 g/mol. The molecule has 0 fully saturated rings. The summed E-state index contributed by atoms with van der Waals surface area (Å²) in [6.07, 6.45) is 3.39. The number of thiophene rings is 1. The number of carbonyl (C=O) groups excluding carboxylic acids is 1. The van der Waals surface area contributed by atoms with Gasteiger partial charge in [-0.1, -0.05) is 24.3 Å². The number of ether oxygens (including phenoxy) is 3. The van der Waals surface area contributed by atoms with E-state index in [9.17, 15) is 4.79 Å². The quantitative estimate of drug-likeness (QED) is 0.234. The number of halogens is 1. The van der Waals surface area contributed by atoms with Gasteiger partial charge in [0.05, 0.1) is 18.1 Å². The second-order valence-corrected chi connectivity index (χ2v) is 8.16. The molecule has 3 rings (SSSR count). The third kappa shape index (κ3) is 6.21. The Morgan fingerprint density at radius 1 is 0.967 bits per heavy atom. The molecule has 4 nitrogen and oxygen atoms in total. The Morgan fingerprint density at radius 2 is 1.70 bits per heavy atom. The Labute approximate surface area is 189 Å². The highest BCUT2D eigenvalue weighted by molar-refractivity contribution is 9.10. The molecule has 1 aromatic heterocycles. The number of carbonyl (C=O) groups is 1. The van der Waals surface area contributed by atoms with Crippen molar-refractivity contribution in [3.63, 3.8) is 0 Å². The summed E-state index contributed by atoms with van der Waals surface area (Å²) < 4.78 is 18.1. The van der Waals surface area contributed by atoms with E-state index in [0.29, 0.717) is 24.7 Å². The van der Waals surface area contributed by atoms with E-state index in [1.165, 1.54) is 11.3 Å². The Morgan fingerprint density at radius 3 is 2.37 bits per heavy atom. The van der Waals surface area contributed by atoms with Crippen molar-refractivity contribution in [3.8, 4) is 17.2 Å². The van der Waals surface area contributed by atoms with Crippen molar-refractivity contribution in [2.75, 3.05) is 13.2 Å². The van der Waals surface area contributed by atoms with E-state index < -0.39 is 0 Å². The normalized spacial score (nSPS) is 10.9. The van der Waals surface area contributed by atoms with Crippen LogP contribution in [-0.2, 0) is 6.61 Å². The van der Waals surface area contributed by atoms with Crippen LogP contribution in [0.15, 0.2) is 64.5 Å². The number of ketones is 1. The van der Waals surface area contributed by atoms with Gasteiger partial charge in [-0.2, -0.15) is 0 Å². The predicted octanol–water partition coefficient (Wildman–Crippen LogP) is 6.78. The number of benzene rings is 2. The summed E-state index contributed by atoms with van der Waals surface area (Å²) in [7, 11) is 0. The van der Waals surface area contributed by atoms with Gasteiger partial charge in [0.2, 0.25) is 0 Å². The van der Waals surface area contributed by atoms with Crippen LogP contribution < -0.4 is 14.2 Å². The highest BCUT2D eigenvalue weighted by Crippen LogP contribution is 2.29. The molecule has 0 amide bonds. The lowest BCUT2D eigenvalue weighted by atomic mass is 10.1. The zero-order valence-electron chi connectivity index (χ0n) is 16.9. The molecule has 0 aliphatic heterocycles. The van der Waals surface area contributed by atoms with Gasteiger partial charge in [-0.3, -0.25) is 4.79 Å². The summed E-state index contributed by atoms with van der Waals surface area (Å²) in [5.41, 5.74) is 1.93. The van der Waals surface area contributed by atoms with Gasteiger partial charge in [0.25, 0.3) is 0 Å². The lowest BCUT2D eigenvalue weighted by molar-refractivity contribution is 0.105. The predicted molar refractivity (Wildman–Crippen MR) is 125 cm³/mol. The van der Waals surface area contributed by atoms with Gasteiger partial charge in [-0.25, -0.2) is 0 Å². The zero-order valence-corrected chi connectivity index (χ0v) is 19.3. The lowest BCUT2D eigenvalue weighted by Gasteiger charge is -2.13. The van der Waals surface area contributed by atoms with Gasteiger partial charge in [-0.05, 0) is 77.3 Å². The van der Waals surface area contributed by atoms with Crippen molar-refractivity contribution in [2.45, 2.75) is 20.5 Å². The van der Waals surface area contributed by atoms with E-state index in [1.54, 1.807) is 12.2 Å². The third-order valence-electron chi connectivity index (χ3n) is 4.13. The van der Waals surface area contributed by atoms with Crippen LogP contribution in [0.5, 0.6) is 17.2 Å². The van der Waals surface area contributed by atoms with Crippen LogP contribution in [0.4, 0.5) is 0 Å². The number of hydrogen-bond acceptors (Lipinski definition) is 5. The minimum absolute atomic E-state index is 0.00775. The van der Waals surface area contributed by atoms with Crippen molar-refractivity contribution in [1.82, 2.24) is 0 Å². The molecule has 0 unspecified atom stereocenters. The van der Waals surface area contributed by atoms with Crippen LogP contribution in [0.25, 0.3) is 6.08 Å². The second kappa shape index (κ2) is 11.0. The molecule has 0 saturated heterocycles. The van der Waals surface area contributed by atoms with E-state index in [0.717, 1.165) is 32.8 Å². The Kier molecular flexibility index (Phi) is 8.11.